The normalized spacial score (nSPS) is 32.1. The Morgan fingerprint density at radius 3 is 2.81 bits per heavy atom. The summed E-state index contributed by atoms with van der Waals surface area (Å²) in [6.45, 7) is 0.749. The fraction of sp³-hybridized carbons (Fsp3) is 0.600. The highest BCUT2D eigenvalue weighted by Gasteiger charge is 2.52. The van der Waals surface area contributed by atoms with Crippen molar-refractivity contribution in [2.75, 3.05) is 17.7 Å². The monoisotopic (exact) mass is 301 g/mol. The van der Waals surface area contributed by atoms with Gasteiger partial charge in [-0.15, -0.1) is 0 Å². The highest BCUT2D eigenvalue weighted by Crippen LogP contribution is 2.33. The summed E-state index contributed by atoms with van der Waals surface area (Å²) in [5.41, 5.74) is 3.12. The Hall–Kier alpha value is -2.08. The molecule has 1 fully saturated rings. The SMILES string of the molecule is C[C@@]1(O)[C@@H](CO)O[C@@H](Nc2ncnc(N)c2[N+](=O)[O-])[C@@H]1O. The van der Waals surface area contributed by atoms with Crippen molar-refractivity contribution in [3.8, 4) is 0 Å². The molecule has 1 saturated heterocycles. The van der Waals surface area contributed by atoms with Crippen LogP contribution in [0.4, 0.5) is 17.3 Å². The summed E-state index contributed by atoms with van der Waals surface area (Å²) in [7, 11) is 0. The molecular weight excluding hydrogens is 286 g/mol. The van der Waals surface area contributed by atoms with Gasteiger partial charge in [0.1, 0.15) is 24.1 Å². The van der Waals surface area contributed by atoms with Gasteiger partial charge in [0.2, 0.25) is 11.6 Å². The van der Waals surface area contributed by atoms with Crippen molar-refractivity contribution in [2.24, 2.45) is 0 Å². The van der Waals surface area contributed by atoms with Gasteiger partial charge in [0.05, 0.1) is 11.5 Å². The fourth-order valence-electron chi connectivity index (χ4n) is 2.04. The molecule has 4 atom stereocenters. The average Bonchev–Trinajstić information content (AvgIpc) is 2.61. The lowest BCUT2D eigenvalue weighted by Crippen LogP contribution is -2.47. The van der Waals surface area contributed by atoms with Gasteiger partial charge in [-0.3, -0.25) is 10.1 Å². The summed E-state index contributed by atoms with van der Waals surface area (Å²) >= 11 is 0. The lowest BCUT2D eigenvalue weighted by molar-refractivity contribution is -0.383. The first-order chi connectivity index (χ1) is 9.78. The molecule has 21 heavy (non-hydrogen) atoms. The summed E-state index contributed by atoms with van der Waals surface area (Å²) in [6.07, 6.45) is -2.69. The molecule has 0 aliphatic carbocycles. The van der Waals surface area contributed by atoms with E-state index >= 15 is 0 Å². The minimum atomic E-state index is -1.72. The number of nitrogen functional groups attached to an aromatic ring is 1. The van der Waals surface area contributed by atoms with Crippen molar-refractivity contribution in [1.82, 2.24) is 9.97 Å². The van der Waals surface area contributed by atoms with E-state index < -0.39 is 41.3 Å². The molecule has 0 unspecified atom stereocenters. The number of aliphatic hydroxyl groups is 3. The van der Waals surface area contributed by atoms with Crippen LogP contribution in [0.15, 0.2) is 6.33 Å². The highest BCUT2D eigenvalue weighted by molar-refractivity contribution is 5.67. The van der Waals surface area contributed by atoms with Gasteiger partial charge in [-0.25, -0.2) is 9.97 Å². The van der Waals surface area contributed by atoms with Gasteiger partial charge in [0.15, 0.2) is 6.23 Å². The fourth-order valence-corrected chi connectivity index (χ4v) is 2.04. The highest BCUT2D eigenvalue weighted by atomic mass is 16.6. The molecule has 2 heterocycles. The van der Waals surface area contributed by atoms with Crippen LogP contribution in [0.1, 0.15) is 6.92 Å². The van der Waals surface area contributed by atoms with Crippen LogP contribution >= 0.6 is 0 Å². The number of ether oxygens (including phenoxy) is 1. The first-order valence-electron chi connectivity index (χ1n) is 5.97. The van der Waals surface area contributed by atoms with Gasteiger partial charge >= 0.3 is 5.69 Å². The molecule has 0 saturated carbocycles. The summed E-state index contributed by atoms with van der Waals surface area (Å²) in [5.74, 6) is -0.610. The predicted octanol–water partition coefficient (Wildman–Crippen LogP) is -1.79. The van der Waals surface area contributed by atoms with Crippen molar-refractivity contribution in [3.63, 3.8) is 0 Å². The first-order valence-corrected chi connectivity index (χ1v) is 5.97. The van der Waals surface area contributed by atoms with Crippen molar-refractivity contribution in [2.45, 2.75) is 31.0 Å². The first kappa shape index (κ1) is 15.3. The Morgan fingerprint density at radius 1 is 1.62 bits per heavy atom. The zero-order chi connectivity index (χ0) is 15.8. The summed E-state index contributed by atoms with van der Waals surface area (Å²) in [4.78, 5) is 17.4. The molecule has 6 N–H and O–H groups in total. The van der Waals surface area contributed by atoms with Gasteiger partial charge < -0.3 is 31.1 Å². The Bertz CT molecular complexity index is 553. The van der Waals surface area contributed by atoms with Crippen molar-refractivity contribution in [3.05, 3.63) is 16.4 Å². The molecule has 0 amide bonds. The van der Waals surface area contributed by atoms with Gasteiger partial charge in [-0.1, -0.05) is 0 Å². The molecule has 11 heteroatoms. The molecule has 0 radical (unpaired) electrons. The standard InChI is InChI=1S/C10H15N5O6/c1-10(18)4(2-16)21-9(6(10)17)14-8-5(15(19)20)7(11)12-3-13-8/h3-4,6,9,16-18H,2H2,1H3,(H3,11,12,13,14)/t4-,6+,9-,10-/m1/s1. The van der Waals surface area contributed by atoms with E-state index in [4.69, 9.17) is 15.6 Å². The van der Waals surface area contributed by atoms with E-state index in [2.05, 4.69) is 15.3 Å². The maximum atomic E-state index is 11.0. The van der Waals surface area contributed by atoms with Gasteiger partial charge in [-0.2, -0.15) is 0 Å². The van der Waals surface area contributed by atoms with Crippen LogP contribution in [-0.4, -0.2) is 60.9 Å². The van der Waals surface area contributed by atoms with E-state index in [-0.39, 0.29) is 11.6 Å². The molecular formula is C10H15N5O6. The second-order valence-electron chi connectivity index (χ2n) is 4.76. The third kappa shape index (κ3) is 2.58. The molecule has 0 aromatic carbocycles. The second-order valence-corrected chi connectivity index (χ2v) is 4.76. The minimum Gasteiger partial charge on any atom is -0.394 e. The van der Waals surface area contributed by atoms with Crippen molar-refractivity contribution >= 4 is 17.3 Å². The average molecular weight is 301 g/mol. The van der Waals surface area contributed by atoms with Gasteiger partial charge in [-0.05, 0) is 6.92 Å². The molecule has 1 aliphatic heterocycles. The van der Waals surface area contributed by atoms with Crippen LogP contribution in [0.25, 0.3) is 0 Å². The second kappa shape index (κ2) is 5.37. The van der Waals surface area contributed by atoms with E-state index in [1.54, 1.807) is 0 Å². The summed E-state index contributed by atoms with van der Waals surface area (Å²) in [5, 5.41) is 42.6. The number of nitrogens with two attached hydrogens (primary N) is 1. The molecule has 1 aliphatic rings. The number of nitrogens with zero attached hydrogens (tertiary/aromatic N) is 3. The van der Waals surface area contributed by atoms with Crippen molar-refractivity contribution < 1.29 is 25.0 Å². The molecule has 0 bridgehead atoms. The van der Waals surface area contributed by atoms with E-state index in [0.717, 1.165) is 6.33 Å². The molecule has 1 aromatic heterocycles. The number of hydrogen-bond acceptors (Lipinski definition) is 10. The van der Waals surface area contributed by atoms with Crippen LogP contribution in [-0.2, 0) is 4.74 Å². The van der Waals surface area contributed by atoms with Crippen LogP contribution < -0.4 is 11.1 Å². The predicted molar refractivity (Wildman–Crippen MR) is 69.1 cm³/mol. The third-order valence-corrected chi connectivity index (χ3v) is 3.33. The number of rotatable bonds is 4. The minimum absolute atomic E-state index is 0.258. The number of anilines is 2. The zero-order valence-corrected chi connectivity index (χ0v) is 11.0. The van der Waals surface area contributed by atoms with E-state index in [1.807, 2.05) is 0 Å². The number of hydrogen-bond donors (Lipinski definition) is 5. The Labute approximate surface area is 118 Å². The molecule has 2 rings (SSSR count). The largest absolute Gasteiger partial charge is 0.394 e. The maximum Gasteiger partial charge on any atom is 0.353 e. The number of aliphatic hydroxyl groups excluding tert-OH is 2. The van der Waals surface area contributed by atoms with Crippen LogP contribution in [0.5, 0.6) is 0 Å². The molecule has 0 spiro atoms. The number of nitrogens with one attached hydrogen (secondary N) is 1. The Kier molecular flexibility index (Phi) is 3.91. The van der Waals surface area contributed by atoms with Crippen molar-refractivity contribution in [1.29, 1.82) is 0 Å². The maximum absolute atomic E-state index is 11.0. The van der Waals surface area contributed by atoms with Crippen LogP contribution in [0.3, 0.4) is 0 Å². The molecule has 11 nitrogen and oxygen atoms in total. The lowest BCUT2D eigenvalue weighted by atomic mass is 9.95. The van der Waals surface area contributed by atoms with Gasteiger partial charge in [0.25, 0.3) is 0 Å². The number of aromatic nitrogens is 2. The summed E-state index contributed by atoms with van der Waals surface area (Å²) in [6, 6.07) is 0. The topological polar surface area (TPSA) is 177 Å². The third-order valence-electron chi connectivity index (χ3n) is 3.33. The smallest absolute Gasteiger partial charge is 0.353 e. The van der Waals surface area contributed by atoms with E-state index in [0.29, 0.717) is 0 Å². The quantitative estimate of drug-likeness (QED) is 0.315. The molecule has 1 aromatic rings. The summed E-state index contributed by atoms with van der Waals surface area (Å²) < 4.78 is 5.23. The lowest BCUT2D eigenvalue weighted by Gasteiger charge is -2.25. The van der Waals surface area contributed by atoms with Crippen LogP contribution in [0, 0.1) is 10.1 Å². The number of nitro groups is 1. The molecule has 116 valence electrons. The van der Waals surface area contributed by atoms with Gasteiger partial charge in [0, 0.05) is 0 Å². The zero-order valence-electron chi connectivity index (χ0n) is 11.0. The van der Waals surface area contributed by atoms with E-state index in [1.165, 1.54) is 6.92 Å². The Morgan fingerprint density at radius 2 is 2.29 bits per heavy atom. The van der Waals surface area contributed by atoms with E-state index in [9.17, 15) is 20.3 Å². The van der Waals surface area contributed by atoms with Crippen LogP contribution in [0.2, 0.25) is 0 Å². The Balaban J connectivity index is 2.28.